The zero-order chi connectivity index (χ0) is 9.68. The van der Waals surface area contributed by atoms with E-state index in [2.05, 4.69) is 10.8 Å². The summed E-state index contributed by atoms with van der Waals surface area (Å²) in [4.78, 5) is 0. The molecule has 4 heteroatoms. The molecular formula is C9H9O3S-. The Balaban J connectivity index is 2.59. The van der Waals surface area contributed by atoms with Crippen LogP contribution in [0.5, 0.6) is 0 Å². The Morgan fingerprint density at radius 2 is 2.08 bits per heavy atom. The van der Waals surface area contributed by atoms with E-state index in [1.165, 1.54) is 0 Å². The summed E-state index contributed by atoms with van der Waals surface area (Å²) in [5.41, 5.74) is 1.81. The molecule has 0 saturated heterocycles. The van der Waals surface area contributed by atoms with Crippen LogP contribution in [0.4, 0.5) is 0 Å². The SMILES string of the molecule is C=Cc1ccc(COS(=O)[O-])cc1. The van der Waals surface area contributed by atoms with Gasteiger partial charge in [0.25, 0.3) is 0 Å². The van der Waals surface area contributed by atoms with Gasteiger partial charge in [-0.3, -0.25) is 4.18 Å². The Labute approximate surface area is 79.5 Å². The zero-order valence-corrected chi connectivity index (χ0v) is 7.75. The molecule has 0 heterocycles. The van der Waals surface area contributed by atoms with E-state index in [9.17, 15) is 8.76 Å². The van der Waals surface area contributed by atoms with Crippen LogP contribution in [-0.2, 0) is 22.2 Å². The largest absolute Gasteiger partial charge is 0.750 e. The van der Waals surface area contributed by atoms with Gasteiger partial charge in [-0.05, 0) is 11.1 Å². The van der Waals surface area contributed by atoms with Crippen LogP contribution in [0.2, 0.25) is 0 Å². The zero-order valence-electron chi connectivity index (χ0n) is 6.93. The maximum absolute atomic E-state index is 10.1. The lowest BCUT2D eigenvalue weighted by molar-refractivity contribution is 0.291. The fraction of sp³-hybridized carbons (Fsp3) is 0.111. The van der Waals surface area contributed by atoms with Crippen molar-refractivity contribution in [3.8, 4) is 0 Å². The van der Waals surface area contributed by atoms with Crippen molar-refractivity contribution in [3.05, 3.63) is 42.0 Å². The number of hydrogen-bond acceptors (Lipinski definition) is 3. The van der Waals surface area contributed by atoms with Gasteiger partial charge >= 0.3 is 0 Å². The highest BCUT2D eigenvalue weighted by molar-refractivity contribution is 7.74. The molecule has 1 unspecified atom stereocenters. The van der Waals surface area contributed by atoms with Gasteiger partial charge in [0, 0.05) is 0 Å². The summed E-state index contributed by atoms with van der Waals surface area (Å²) in [6.07, 6.45) is 1.72. The van der Waals surface area contributed by atoms with E-state index in [0.717, 1.165) is 11.1 Å². The van der Waals surface area contributed by atoms with Gasteiger partial charge < -0.3 is 4.55 Å². The molecule has 0 aliphatic rings. The van der Waals surface area contributed by atoms with Crippen LogP contribution in [0.3, 0.4) is 0 Å². The van der Waals surface area contributed by atoms with Crippen LogP contribution >= 0.6 is 0 Å². The summed E-state index contributed by atoms with van der Waals surface area (Å²) < 4.78 is 24.5. The van der Waals surface area contributed by atoms with E-state index < -0.39 is 11.4 Å². The first-order valence-electron chi connectivity index (χ1n) is 3.66. The van der Waals surface area contributed by atoms with Gasteiger partial charge in [-0.1, -0.05) is 36.9 Å². The lowest BCUT2D eigenvalue weighted by Crippen LogP contribution is -1.95. The third-order valence-corrected chi connectivity index (χ3v) is 1.85. The van der Waals surface area contributed by atoms with E-state index in [1.807, 2.05) is 12.1 Å². The molecule has 1 atom stereocenters. The number of benzene rings is 1. The molecule has 1 rings (SSSR count). The second-order valence-electron chi connectivity index (χ2n) is 2.41. The Kier molecular flexibility index (Phi) is 3.82. The van der Waals surface area contributed by atoms with Gasteiger partial charge in [-0.15, -0.1) is 0 Å². The standard InChI is InChI=1S/C9H10O3S/c1-2-8-3-5-9(6-4-8)7-12-13(10)11/h2-6H,1,7H2,(H,10,11)/p-1. The Bertz CT molecular complexity index is 305. The minimum Gasteiger partial charge on any atom is -0.750 e. The predicted octanol–water partition coefficient (Wildman–Crippen LogP) is 1.64. The molecule has 0 fully saturated rings. The second-order valence-corrected chi connectivity index (χ2v) is 3.06. The molecule has 0 radical (unpaired) electrons. The van der Waals surface area contributed by atoms with Gasteiger partial charge in [0.1, 0.15) is 0 Å². The van der Waals surface area contributed by atoms with Crippen molar-refractivity contribution in [1.29, 1.82) is 0 Å². The molecule has 70 valence electrons. The monoisotopic (exact) mass is 197 g/mol. The summed E-state index contributed by atoms with van der Waals surface area (Å²) in [6.45, 7) is 3.68. The second kappa shape index (κ2) is 4.91. The fourth-order valence-corrected chi connectivity index (χ4v) is 1.10. The number of hydrogen-bond donors (Lipinski definition) is 0. The van der Waals surface area contributed by atoms with E-state index in [4.69, 9.17) is 0 Å². The molecule has 0 aliphatic carbocycles. The molecule has 0 aliphatic heterocycles. The lowest BCUT2D eigenvalue weighted by Gasteiger charge is -2.05. The fourth-order valence-electron chi connectivity index (χ4n) is 0.866. The summed E-state index contributed by atoms with van der Waals surface area (Å²) in [5, 5.41) is 0. The van der Waals surface area contributed by atoms with Crippen molar-refractivity contribution in [1.82, 2.24) is 0 Å². The summed E-state index contributed by atoms with van der Waals surface area (Å²) in [7, 11) is 0. The van der Waals surface area contributed by atoms with Crippen molar-refractivity contribution in [2.45, 2.75) is 6.61 Å². The van der Waals surface area contributed by atoms with Gasteiger partial charge in [0.2, 0.25) is 0 Å². The number of rotatable bonds is 4. The summed E-state index contributed by atoms with van der Waals surface area (Å²) >= 11 is -2.44. The first kappa shape index (κ1) is 10.1. The smallest absolute Gasteiger partial charge is 0.0879 e. The van der Waals surface area contributed by atoms with Gasteiger partial charge in [-0.25, -0.2) is 4.21 Å². The van der Waals surface area contributed by atoms with E-state index in [0.29, 0.717) is 0 Å². The average Bonchev–Trinajstić information content (AvgIpc) is 2.15. The van der Waals surface area contributed by atoms with Crippen molar-refractivity contribution in [2.75, 3.05) is 0 Å². The highest BCUT2D eigenvalue weighted by Crippen LogP contribution is 2.06. The van der Waals surface area contributed by atoms with Gasteiger partial charge in [0.05, 0.1) is 18.0 Å². The molecule has 1 aromatic carbocycles. The molecular weight excluding hydrogens is 188 g/mol. The van der Waals surface area contributed by atoms with Crippen LogP contribution in [0.1, 0.15) is 11.1 Å². The van der Waals surface area contributed by atoms with Crippen LogP contribution in [0.15, 0.2) is 30.8 Å². The third kappa shape index (κ3) is 3.50. The van der Waals surface area contributed by atoms with Crippen molar-refractivity contribution < 1.29 is 12.9 Å². The third-order valence-electron chi connectivity index (χ3n) is 1.54. The molecule has 13 heavy (non-hydrogen) atoms. The highest BCUT2D eigenvalue weighted by Gasteiger charge is 1.92. The molecule has 0 aromatic heterocycles. The normalized spacial score (nSPS) is 12.4. The van der Waals surface area contributed by atoms with Crippen molar-refractivity contribution >= 4 is 17.4 Å². The minimum absolute atomic E-state index is 0.0769. The summed E-state index contributed by atoms with van der Waals surface area (Å²) in [6, 6.07) is 7.28. The minimum atomic E-state index is -2.44. The predicted molar refractivity (Wildman–Crippen MR) is 50.2 cm³/mol. The first-order chi connectivity index (χ1) is 6.22. The average molecular weight is 197 g/mol. The first-order valence-corrected chi connectivity index (χ1v) is 4.66. The van der Waals surface area contributed by atoms with Gasteiger partial charge in [-0.2, -0.15) is 0 Å². The maximum Gasteiger partial charge on any atom is 0.0879 e. The molecule has 0 N–H and O–H groups in total. The van der Waals surface area contributed by atoms with Crippen LogP contribution in [0.25, 0.3) is 6.08 Å². The van der Waals surface area contributed by atoms with E-state index >= 15 is 0 Å². The molecule has 1 aromatic rings. The molecule has 0 bridgehead atoms. The highest BCUT2D eigenvalue weighted by atomic mass is 32.2. The Morgan fingerprint density at radius 1 is 1.46 bits per heavy atom. The molecule has 0 saturated carbocycles. The van der Waals surface area contributed by atoms with Crippen LogP contribution < -0.4 is 0 Å². The Hall–Kier alpha value is -0.970. The Morgan fingerprint density at radius 3 is 2.54 bits per heavy atom. The molecule has 3 nitrogen and oxygen atoms in total. The molecule has 0 spiro atoms. The summed E-state index contributed by atoms with van der Waals surface area (Å²) in [5.74, 6) is 0. The lowest BCUT2D eigenvalue weighted by atomic mass is 10.1. The van der Waals surface area contributed by atoms with Crippen LogP contribution in [-0.4, -0.2) is 8.76 Å². The van der Waals surface area contributed by atoms with E-state index in [-0.39, 0.29) is 6.61 Å². The van der Waals surface area contributed by atoms with E-state index in [1.54, 1.807) is 18.2 Å². The van der Waals surface area contributed by atoms with Crippen molar-refractivity contribution in [3.63, 3.8) is 0 Å². The quantitative estimate of drug-likeness (QED) is 0.689. The maximum atomic E-state index is 10.1. The van der Waals surface area contributed by atoms with Crippen molar-refractivity contribution in [2.24, 2.45) is 0 Å². The topological polar surface area (TPSA) is 49.4 Å². The van der Waals surface area contributed by atoms with Gasteiger partial charge in [0.15, 0.2) is 0 Å². The molecule has 0 amide bonds. The van der Waals surface area contributed by atoms with Crippen LogP contribution in [0, 0.1) is 0 Å².